The molecule has 2 aliphatic rings. The Hall–Kier alpha value is -2.15. The molecule has 4 rings (SSSR count). The van der Waals surface area contributed by atoms with Crippen LogP contribution in [0.3, 0.4) is 0 Å². The minimum absolute atomic E-state index is 0.204. The Morgan fingerprint density at radius 3 is 2.85 bits per heavy atom. The van der Waals surface area contributed by atoms with Crippen LogP contribution in [0.1, 0.15) is 25.3 Å². The predicted octanol–water partition coefficient (Wildman–Crippen LogP) is 0.997. The number of rotatable bonds is 2. The molecule has 3 unspecified atom stereocenters. The number of tetrazole rings is 1. The third kappa shape index (κ3) is 1.66. The zero-order valence-electron chi connectivity index (χ0n) is 10.9. The van der Waals surface area contributed by atoms with Gasteiger partial charge in [0.25, 0.3) is 0 Å². The second-order valence-electron chi connectivity index (χ2n) is 5.47. The molecule has 0 amide bonds. The number of hydrogen-bond donors (Lipinski definition) is 2. The van der Waals surface area contributed by atoms with Crippen LogP contribution in [0, 0.1) is 0 Å². The lowest BCUT2D eigenvalue weighted by molar-refractivity contribution is 0.0922. The van der Waals surface area contributed by atoms with Crippen molar-refractivity contribution in [1.29, 1.82) is 0 Å². The van der Waals surface area contributed by atoms with Gasteiger partial charge < -0.3 is 16.2 Å². The largest absolute Gasteiger partial charge is 0.399 e. The molecule has 2 fully saturated rings. The summed E-state index contributed by atoms with van der Waals surface area (Å²) >= 11 is 0. The number of nitrogens with zero attached hydrogens (tertiary/aromatic N) is 4. The van der Waals surface area contributed by atoms with Crippen LogP contribution in [0.25, 0.3) is 11.4 Å². The van der Waals surface area contributed by atoms with E-state index in [0.29, 0.717) is 23.3 Å². The standard InChI is InChI=1S/C13H16N6O/c14-7-1-3-9(10(15)5-7)13-16-17-18-19(13)11-6-8-2-4-12(11)20-8/h1,3,5,8,11-12H,2,4,6,14-15H2. The van der Waals surface area contributed by atoms with Crippen molar-refractivity contribution in [3.8, 4) is 11.4 Å². The van der Waals surface area contributed by atoms with E-state index in [0.717, 1.165) is 24.8 Å². The van der Waals surface area contributed by atoms with Crippen LogP contribution in [-0.2, 0) is 4.74 Å². The van der Waals surface area contributed by atoms with Crippen LogP contribution < -0.4 is 11.5 Å². The van der Waals surface area contributed by atoms with Crippen molar-refractivity contribution >= 4 is 11.4 Å². The third-order valence-corrected chi connectivity index (χ3v) is 4.20. The van der Waals surface area contributed by atoms with Gasteiger partial charge in [0, 0.05) is 16.9 Å². The first-order valence-corrected chi connectivity index (χ1v) is 6.81. The van der Waals surface area contributed by atoms with Crippen molar-refractivity contribution in [2.24, 2.45) is 0 Å². The Balaban J connectivity index is 1.75. The van der Waals surface area contributed by atoms with Gasteiger partial charge >= 0.3 is 0 Å². The van der Waals surface area contributed by atoms with Crippen molar-refractivity contribution in [2.45, 2.75) is 37.5 Å². The molecule has 0 spiro atoms. The van der Waals surface area contributed by atoms with E-state index in [9.17, 15) is 0 Å². The van der Waals surface area contributed by atoms with E-state index in [1.54, 1.807) is 6.07 Å². The van der Waals surface area contributed by atoms with Crippen LogP contribution in [0.2, 0.25) is 0 Å². The Morgan fingerprint density at radius 2 is 2.15 bits per heavy atom. The fraction of sp³-hybridized carbons (Fsp3) is 0.462. The number of anilines is 2. The minimum atomic E-state index is 0.204. The molecule has 0 radical (unpaired) electrons. The predicted molar refractivity (Wildman–Crippen MR) is 73.6 cm³/mol. The molecule has 1 aromatic carbocycles. The van der Waals surface area contributed by atoms with E-state index in [4.69, 9.17) is 16.2 Å². The molecule has 3 atom stereocenters. The lowest BCUT2D eigenvalue weighted by Gasteiger charge is -2.19. The van der Waals surface area contributed by atoms with Crippen molar-refractivity contribution in [3.05, 3.63) is 18.2 Å². The van der Waals surface area contributed by atoms with Crippen LogP contribution in [-0.4, -0.2) is 32.4 Å². The highest BCUT2D eigenvalue weighted by Crippen LogP contribution is 2.42. The SMILES string of the molecule is Nc1ccc(-c2nnnn2C2CC3CCC2O3)c(N)c1. The lowest BCUT2D eigenvalue weighted by Crippen LogP contribution is -2.23. The maximum Gasteiger partial charge on any atom is 0.184 e. The Bertz CT molecular complexity index is 654. The Morgan fingerprint density at radius 1 is 1.25 bits per heavy atom. The van der Waals surface area contributed by atoms with Gasteiger partial charge in [0.2, 0.25) is 0 Å². The molecule has 0 aliphatic carbocycles. The molecular weight excluding hydrogens is 256 g/mol. The highest BCUT2D eigenvalue weighted by molar-refractivity contribution is 5.74. The molecule has 2 aliphatic heterocycles. The molecule has 3 heterocycles. The fourth-order valence-electron chi connectivity index (χ4n) is 3.25. The summed E-state index contributed by atoms with van der Waals surface area (Å²) in [5, 5.41) is 12.1. The van der Waals surface area contributed by atoms with Crippen LogP contribution in [0.4, 0.5) is 11.4 Å². The number of hydrogen-bond acceptors (Lipinski definition) is 6. The maximum atomic E-state index is 6.04. The first kappa shape index (κ1) is 11.7. The first-order valence-electron chi connectivity index (χ1n) is 6.81. The summed E-state index contributed by atoms with van der Waals surface area (Å²) in [6.45, 7) is 0. The molecule has 4 N–H and O–H groups in total. The van der Waals surface area contributed by atoms with E-state index in [2.05, 4.69) is 15.5 Å². The Labute approximate surface area is 115 Å². The summed E-state index contributed by atoms with van der Waals surface area (Å²) in [4.78, 5) is 0. The molecule has 0 saturated carbocycles. The van der Waals surface area contributed by atoms with Gasteiger partial charge in [-0.2, -0.15) is 0 Å². The van der Waals surface area contributed by atoms with Gasteiger partial charge in [-0.25, -0.2) is 4.68 Å². The first-order chi connectivity index (χ1) is 9.72. The van der Waals surface area contributed by atoms with Crippen molar-refractivity contribution in [1.82, 2.24) is 20.2 Å². The lowest BCUT2D eigenvalue weighted by atomic mass is 9.95. The maximum absolute atomic E-state index is 6.04. The number of ether oxygens (including phenoxy) is 1. The molecule has 20 heavy (non-hydrogen) atoms. The van der Waals surface area contributed by atoms with Gasteiger partial charge in [-0.15, -0.1) is 5.10 Å². The van der Waals surface area contributed by atoms with Crippen LogP contribution in [0.15, 0.2) is 18.2 Å². The summed E-state index contributed by atoms with van der Waals surface area (Å²) < 4.78 is 7.73. The van der Waals surface area contributed by atoms with Crippen LogP contribution in [0.5, 0.6) is 0 Å². The average Bonchev–Trinajstić information content (AvgIpc) is 3.14. The molecule has 2 aromatic rings. The molecule has 2 bridgehead atoms. The molecule has 7 nitrogen and oxygen atoms in total. The monoisotopic (exact) mass is 272 g/mol. The number of benzene rings is 1. The summed E-state index contributed by atoms with van der Waals surface area (Å²) in [6, 6.07) is 5.60. The van der Waals surface area contributed by atoms with Gasteiger partial charge in [-0.3, -0.25) is 0 Å². The molecular formula is C13H16N6O. The number of nitrogens with two attached hydrogens (primary N) is 2. The average molecular weight is 272 g/mol. The number of fused-ring (bicyclic) bond motifs is 2. The summed E-state index contributed by atoms with van der Waals surface area (Å²) in [5.74, 6) is 0.684. The second kappa shape index (κ2) is 4.17. The summed E-state index contributed by atoms with van der Waals surface area (Å²) in [7, 11) is 0. The zero-order valence-corrected chi connectivity index (χ0v) is 10.9. The summed E-state index contributed by atoms with van der Waals surface area (Å²) in [6.07, 6.45) is 3.76. The minimum Gasteiger partial charge on any atom is -0.399 e. The van der Waals surface area contributed by atoms with Gasteiger partial charge in [-0.05, 0) is 47.9 Å². The zero-order chi connectivity index (χ0) is 13.7. The highest BCUT2D eigenvalue weighted by Gasteiger charge is 2.43. The van der Waals surface area contributed by atoms with Crippen molar-refractivity contribution in [2.75, 3.05) is 11.5 Å². The van der Waals surface area contributed by atoms with Gasteiger partial charge in [-0.1, -0.05) is 0 Å². The van der Waals surface area contributed by atoms with E-state index >= 15 is 0 Å². The van der Waals surface area contributed by atoms with Gasteiger partial charge in [0.15, 0.2) is 5.82 Å². The van der Waals surface area contributed by atoms with E-state index < -0.39 is 0 Å². The van der Waals surface area contributed by atoms with Gasteiger partial charge in [0.05, 0.1) is 18.2 Å². The molecule has 7 heteroatoms. The molecule has 2 saturated heterocycles. The Kier molecular flexibility index (Phi) is 2.43. The van der Waals surface area contributed by atoms with Gasteiger partial charge in [0.1, 0.15) is 0 Å². The number of nitrogen functional groups attached to an aromatic ring is 2. The van der Waals surface area contributed by atoms with Crippen molar-refractivity contribution < 1.29 is 4.74 Å². The topological polar surface area (TPSA) is 105 Å². The smallest absolute Gasteiger partial charge is 0.184 e. The van der Waals surface area contributed by atoms with Crippen molar-refractivity contribution in [3.63, 3.8) is 0 Å². The van der Waals surface area contributed by atoms with E-state index in [1.807, 2.05) is 16.8 Å². The van der Waals surface area contributed by atoms with E-state index in [1.165, 1.54) is 0 Å². The third-order valence-electron chi connectivity index (χ3n) is 4.20. The fourth-order valence-corrected chi connectivity index (χ4v) is 3.25. The van der Waals surface area contributed by atoms with E-state index in [-0.39, 0.29) is 12.1 Å². The van der Waals surface area contributed by atoms with Crippen LogP contribution >= 0.6 is 0 Å². The quantitative estimate of drug-likeness (QED) is 0.790. The highest BCUT2D eigenvalue weighted by atomic mass is 16.5. The number of aromatic nitrogens is 4. The summed E-state index contributed by atoms with van der Waals surface area (Å²) in [5.41, 5.74) is 13.8. The normalized spacial score (nSPS) is 28.1. The molecule has 104 valence electrons. The second-order valence-corrected chi connectivity index (χ2v) is 5.47. The molecule has 1 aromatic heterocycles.